The van der Waals surface area contributed by atoms with Crippen LogP contribution < -0.4 is 0 Å². The van der Waals surface area contributed by atoms with Crippen molar-refractivity contribution < 1.29 is 0 Å². The van der Waals surface area contributed by atoms with Crippen LogP contribution >= 0.6 is 11.3 Å². The van der Waals surface area contributed by atoms with E-state index in [-0.39, 0.29) is 0 Å². The number of thiazole rings is 1. The van der Waals surface area contributed by atoms with Gasteiger partial charge in [0.2, 0.25) is 0 Å². The van der Waals surface area contributed by atoms with Crippen LogP contribution in [-0.2, 0) is 0 Å². The van der Waals surface area contributed by atoms with Gasteiger partial charge < -0.3 is 0 Å². The third kappa shape index (κ3) is 1.57. The number of hydrogen-bond donors (Lipinski definition) is 0. The fourth-order valence-corrected chi connectivity index (χ4v) is 2.17. The van der Waals surface area contributed by atoms with Gasteiger partial charge in [-0.2, -0.15) is 0 Å². The maximum Gasteiger partial charge on any atom is 0.160 e. The highest BCUT2D eigenvalue weighted by molar-refractivity contribution is 7.13. The molecule has 3 heterocycles. The van der Waals surface area contributed by atoms with E-state index in [1.807, 2.05) is 36.6 Å². The molecule has 0 radical (unpaired) electrons. The van der Waals surface area contributed by atoms with E-state index < -0.39 is 0 Å². The molecular formula is C12H9N3S. The SMILES string of the molecule is Cc1ccc2ccc(-c3nccs3)nc2n1. The molecule has 0 saturated heterocycles. The van der Waals surface area contributed by atoms with Gasteiger partial charge in [-0.15, -0.1) is 11.3 Å². The average Bonchev–Trinajstić information content (AvgIpc) is 2.81. The van der Waals surface area contributed by atoms with Crippen molar-refractivity contribution >= 4 is 22.4 Å². The first-order valence-electron chi connectivity index (χ1n) is 4.97. The summed E-state index contributed by atoms with van der Waals surface area (Å²) in [5, 5.41) is 3.95. The summed E-state index contributed by atoms with van der Waals surface area (Å²) >= 11 is 1.59. The third-order valence-electron chi connectivity index (χ3n) is 2.34. The van der Waals surface area contributed by atoms with Crippen LogP contribution in [-0.4, -0.2) is 15.0 Å². The topological polar surface area (TPSA) is 38.7 Å². The highest BCUT2D eigenvalue weighted by atomic mass is 32.1. The lowest BCUT2D eigenvalue weighted by molar-refractivity contribution is 1.20. The van der Waals surface area contributed by atoms with Crippen molar-refractivity contribution in [2.45, 2.75) is 6.92 Å². The molecule has 3 rings (SSSR count). The molecule has 0 bridgehead atoms. The zero-order valence-electron chi connectivity index (χ0n) is 8.71. The minimum atomic E-state index is 0.785. The van der Waals surface area contributed by atoms with E-state index in [4.69, 9.17) is 0 Å². The van der Waals surface area contributed by atoms with Crippen LogP contribution in [0.3, 0.4) is 0 Å². The summed E-state index contributed by atoms with van der Waals surface area (Å²) in [7, 11) is 0. The molecule has 0 spiro atoms. The Morgan fingerprint density at radius 3 is 2.75 bits per heavy atom. The van der Waals surface area contributed by atoms with E-state index >= 15 is 0 Å². The molecule has 0 saturated carbocycles. The summed E-state index contributed by atoms with van der Waals surface area (Å²) in [6, 6.07) is 8.05. The fourth-order valence-electron chi connectivity index (χ4n) is 1.56. The minimum Gasteiger partial charge on any atom is -0.243 e. The van der Waals surface area contributed by atoms with E-state index in [0.29, 0.717) is 0 Å². The van der Waals surface area contributed by atoms with Crippen LogP contribution in [0.25, 0.3) is 21.7 Å². The van der Waals surface area contributed by atoms with Crippen molar-refractivity contribution in [2.75, 3.05) is 0 Å². The van der Waals surface area contributed by atoms with Crippen molar-refractivity contribution in [3.05, 3.63) is 41.5 Å². The largest absolute Gasteiger partial charge is 0.243 e. The van der Waals surface area contributed by atoms with Crippen LogP contribution in [0.4, 0.5) is 0 Å². The van der Waals surface area contributed by atoms with Crippen molar-refractivity contribution in [2.24, 2.45) is 0 Å². The molecule has 0 aliphatic carbocycles. The monoisotopic (exact) mass is 227 g/mol. The first-order valence-corrected chi connectivity index (χ1v) is 5.85. The summed E-state index contributed by atoms with van der Waals surface area (Å²) < 4.78 is 0. The summed E-state index contributed by atoms with van der Waals surface area (Å²) in [5.74, 6) is 0. The number of aromatic nitrogens is 3. The van der Waals surface area contributed by atoms with Crippen LogP contribution in [0.15, 0.2) is 35.8 Å². The molecule has 0 N–H and O–H groups in total. The van der Waals surface area contributed by atoms with Gasteiger partial charge in [0, 0.05) is 22.7 Å². The Kier molecular flexibility index (Phi) is 2.15. The summed E-state index contributed by atoms with van der Waals surface area (Å²) in [6.07, 6.45) is 1.79. The minimum absolute atomic E-state index is 0.785. The van der Waals surface area contributed by atoms with Gasteiger partial charge >= 0.3 is 0 Å². The van der Waals surface area contributed by atoms with Gasteiger partial charge in [0.1, 0.15) is 10.7 Å². The summed E-state index contributed by atoms with van der Waals surface area (Å²) in [5.41, 5.74) is 2.66. The molecule has 0 amide bonds. The summed E-state index contributed by atoms with van der Waals surface area (Å²) in [6.45, 7) is 1.97. The highest BCUT2D eigenvalue weighted by Gasteiger charge is 2.04. The molecule has 3 nitrogen and oxygen atoms in total. The van der Waals surface area contributed by atoms with E-state index in [1.54, 1.807) is 17.5 Å². The van der Waals surface area contributed by atoms with Gasteiger partial charge in [0.25, 0.3) is 0 Å². The molecule has 0 aliphatic heterocycles. The van der Waals surface area contributed by atoms with Crippen molar-refractivity contribution in [1.82, 2.24) is 15.0 Å². The number of nitrogens with zero attached hydrogens (tertiary/aromatic N) is 3. The smallest absolute Gasteiger partial charge is 0.160 e. The number of aryl methyl sites for hydroxylation is 1. The average molecular weight is 227 g/mol. The second-order valence-corrected chi connectivity index (χ2v) is 4.43. The number of pyridine rings is 2. The normalized spacial score (nSPS) is 10.8. The van der Waals surface area contributed by atoms with Crippen LogP contribution in [0, 0.1) is 6.92 Å². The maximum absolute atomic E-state index is 4.52. The first kappa shape index (κ1) is 9.42. The molecular weight excluding hydrogens is 218 g/mol. The van der Waals surface area contributed by atoms with Gasteiger partial charge in [-0.3, -0.25) is 0 Å². The second-order valence-electron chi connectivity index (χ2n) is 3.53. The quantitative estimate of drug-likeness (QED) is 0.641. The Morgan fingerprint density at radius 1 is 1.06 bits per heavy atom. The Hall–Kier alpha value is -1.81. The van der Waals surface area contributed by atoms with Crippen LogP contribution in [0.2, 0.25) is 0 Å². The Labute approximate surface area is 96.8 Å². The highest BCUT2D eigenvalue weighted by Crippen LogP contribution is 2.21. The predicted molar refractivity (Wildman–Crippen MR) is 65.4 cm³/mol. The van der Waals surface area contributed by atoms with Crippen LogP contribution in [0.1, 0.15) is 5.69 Å². The molecule has 3 aromatic rings. The lowest BCUT2D eigenvalue weighted by atomic mass is 10.2. The lowest BCUT2D eigenvalue weighted by Crippen LogP contribution is -1.89. The molecule has 0 fully saturated rings. The van der Waals surface area contributed by atoms with Gasteiger partial charge in [0.05, 0.1) is 0 Å². The van der Waals surface area contributed by atoms with E-state index in [1.165, 1.54) is 0 Å². The maximum atomic E-state index is 4.52. The Balaban J connectivity index is 2.22. The standard InChI is InChI=1S/C12H9N3S/c1-8-2-3-9-4-5-10(15-11(9)14-8)12-13-6-7-16-12/h2-7H,1H3. The lowest BCUT2D eigenvalue weighted by Gasteiger charge is -2.00. The zero-order valence-corrected chi connectivity index (χ0v) is 9.53. The third-order valence-corrected chi connectivity index (χ3v) is 3.14. The first-order chi connectivity index (χ1) is 7.83. The number of fused-ring (bicyclic) bond motifs is 1. The fraction of sp³-hybridized carbons (Fsp3) is 0.0833. The predicted octanol–water partition coefficient (Wildman–Crippen LogP) is 3.06. The Morgan fingerprint density at radius 2 is 1.94 bits per heavy atom. The molecule has 3 aromatic heterocycles. The van der Waals surface area contributed by atoms with Crippen molar-refractivity contribution in [3.8, 4) is 10.7 Å². The summed E-state index contributed by atoms with van der Waals surface area (Å²) in [4.78, 5) is 13.2. The molecule has 0 unspecified atom stereocenters. The number of hydrogen-bond acceptors (Lipinski definition) is 4. The van der Waals surface area contributed by atoms with Gasteiger partial charge in [-0.05, 0) is 31.2 Å². The van der Waals surface area contributed by atoms with Gasteiger partial charge in [-0.25, -0.2) is 15.0 Å². The molecule has 0 aliphatic rings. The van der Waals surface area contributed by atoms with E-state index in [2.05, 4.69) is 15.0 Å². The molecule has 78 valence electrons. The van der Waals surface area contributed by atoms with Gasteiger partial charge in [-0.1, -0.05) is 0 Å². The van der Waals surface area contributed by atoms with E-state index in [9.17, 15) is 0 Å². The van der Waals surface area contributed by atoms with E-state index in [0.717, 1.165) is 27.4 Å². The van der Waals surface area contributed by atoms with Crippen molar-refractivity contribution in [3.63, 3.8) is 0 Å². The second kappa shape index (κ2) is 3.64. The number of rotatable bonds is 1. The molecule has 0 atom stereocenters. The molecule has 16 heavy (non-hydrogen) atoms. The van der Waals surface area contributed by atoms with Gasteiger partial charge in [0.15, 0.2) is 5.65 Å². The van der Waals surface area contributed by atoms with Crippen LogP contribution in [0.5, 0.6) is 0 Å². The Bertz CT molecular complexity index is 632. The molecule has 0 aromatic carbocycles. The molecule has 4 heteroatoms. The van der Waals surface area contributed by atoms with Crippen molar-refractivity contribution in [1.29, 1.82) is 0 Å². The zero-order chi connectivity index (χ0) is 11.0.